The van der Waals surface area contributed by atoms with Crippen LogP contribution in [0.5, 0.6) is 0 Å². The summed E-state index contributed by atoms with van der Waals surface area (Å²) in [5, 5.41) is 16.7. The first kappa shape index (κ1) is 9.79. The Morgan fingerprint density at radius 3 is 2.73 bits per heavy atom. The van der Waals surface area contributed by atoms with E-state index in [0.717, 1.165) is 5.69 Å². The van der Waals surface area contributed by atoms with Crippen LogP contribution in [0.3, 0.4) is 0 Å². The third-order valence-corrected chi connectivity index (χ3v) is 2.02. The molecule has 0 aliphatic rings. The average Bonchev–Trinajstić information content (AvgIpc) is 2.78. The van der Waals surface area contributed by atoms with Gasteiger partial charge in [-0.3, -0.25) is 0 Å². The first-order chi connectivity index (χ1) is 7.31. The second kappa shape index (κ2) is 4.18. The van der Waals surface area contributed by atoms with Crippen LogP contribution >= 0.6 is 0 Å². The maximum Gasteiger partial charge on any atom is 0.128 e. The van der Waals surface area contributed by atoms with E-state index < -0.39 is 12.8 Å². The van der Waals surface area contributed by atoms with Crippen LogP contribution < -0.4 is 0 Å². The molecule has 1 atom stereocenters. The van der Waals surface area contributed by atoms with Crippen LogP contribution in [0.25, 0.3) is 5.69 Å². The van der Waals surface area contributed by atoms with Gasteiger partial charge in [-0.1, -0.05) is 23.4 Å². The molecule has 0 aliphatic carbocycles. The maximum atomic E-state index is 12.2. The molecule has 0 spiro atoms. The van der Waals surface area contributed by atoms with Crippen LogP contribution in [-0.4, -0.2) is 26.8 Å². The molecule has 0 radical (unpaired) electrons. The predicted molar refractivity (Wildman–Crippen MR) is 52.3 cm³/mol. The summed E-state index contributed by atoms with van der Waals surface area (Å²) < 4.78 is 13.7. The van der Waals surface area contributed by atoms with Crippen LogP contribution in [0.2, 0.25) is 0 Å². The highest BCUT2D eigenvalue weighted by Crippen LogP contribution is 2.11. The van der Waals surface area contributed by atoms with Gasteiger partial charge in [-0.15, -0.1) is 5.10 Å². The van der Waals surface area contributed by atoms with Gasteiger partial charge in [0.15, 0.2) is 0 Å². The lowest BCUT2D eigenvalue weighted by molar-refractivity contribution is 0.137. The fraction of sp³-hybridized carbons (Fsp3) is 0.200. The monoisotopic (exact) mass is 207 g/mol. The molecule has 1 aromatic heterocycles. The first-order valence-electron chi connectivity index (χ1n) is 4.53. The Labute approximate surface area is 86.0 Å². The van der Waals surface area contributed by atoms with Crippen LogP contribution in [-0.2, 0) is 0 Å². The number of nitrogens with zero attached hydrogens (tertiary/aromatic N) is 3. The second-order valence-electron chi connectivity index (χ2n) is 3.09. The van der Waals surface area contributed by atoms with Gasteiger partial charge in [0.2, 0.25) is 0 Å². The summed E-state index contributed by atoms with van der Waals surface area (Å²) in [5.41, 5.74) is 1.06. The summed E-state index contributed by atoms with van der Waals surface area (Å²) in [4.78, 5) is 0. The Kier molecular flexibility index (Phi) is 2.73. The highest BCUT2D eigenvalue weighted by Gasteiger charge is 2.11. The van der Waals surface area contributed by atoms with Gasteiger partial charge < -0.3 is 5.11 Å². The molecule has 0 fully saturated rings. The Morgan fingerprint density at radius 1 is 1.33 bits per heavy atom. The standard InChI is InChI=1S/C10H10FN3O/c11-6-10(15)9-7-14(13-12-9)8-4-2-1-3-5-8/h1-5,7,10,15H,6H2. The molecule has 1 unspecified atom stereocenters. The SMILES string of the molecule is OC(CF)c1cn(-c2ccccc2)nn1. The normalized spacial score (nSPS) is 12.7. The largest absolute Gasteiger partial charge is 0.384 e. The molecular formula is C10H10FN3O. The van der Waals surface area contributed by atoms with Crippen molar-refractivity contribution in [3.8, 4) is 5.69 Å². The zero-order chi connectivity index (χ0) is 10.7. The zero-order valence-electron chi connectivity index (χ0n) is 7.92. The van der Waals surface area contributed by atoms with Crippen LogP contribution in [0, 0.1) is 0 Å². The third-order valence-electron chi connectivity index (χ3n) is 2.02. The quantitative estimate of drug-likeness (QED) is 0.824. The summed E-state index contributed by atoms with van der Waals surface area (Å²) in [5.74, 6) is 0. The number of halogens is 1. The molecule has 0 bridgehead atoms. The van der Waals surface area contributed by atoms with Crippen molar-refractivity contribution in [2.75, 3.05) is 6.67 Å². The van der Waals surface area contributed by atoms with E-state index in [1.165, 1.54) is 10.9 Å². The minimum atomic E-state index is -1.19. The number of benzene rings is 1. The smallest absolute Gasteiger partial charge is 0.128 e. The Balaban J connectivity index is 2.28. The highest BCUT2D eigenvalue weighted by molar-refractivity contribution is 5.30. The molecule has 2 rings (SSSR count). The van der Waals surface area contributed by atoms with Gasteiger partial charge in [0, 0.05) is 0 Å². The maximum absolute atomic E-state index is 12.2. The minimum absolute atomic E-state index is 0.237. The van der Waals surface area contributed by atoms with Crippen molar-refractivity contribution in [3.05, 3.63) is 42.2 Å². The number of hydrogen-bond acceptors (Lipinski definition) is 3. The van der Waals surface area contributed by atoms with Crippen molar-refractivity contribution in [1.29, 1.82) is 0 Å². The predicted octanol–water partition coefficient (Wildman–Crippen LogP) is 1.27. The number of aliphatic hydroxyl groups excluding tert-OH is 1. The van der Waals surface area contributed by atoms with E-state index in [0.29, 0.717) is 0 Å². The van der Waals surface area contributed by atoms with Gasteiger partial charge in [-0.05, 0) is 12.1 Å². The van der Waals surface area contributed by atoms with E-state index in [1.807, 2.05) is 30.3 Å². The van der Waals surface area contributed by atoms with Crippen LogP contribution in [0.4, 0.5) is 4.39 Å². The fourth-order valence-electron chi connectivity index (χ4n) is 1.22. The highest BCUT2D eigenvalue weighted by atomic mass is 19.1. The lowest BCUT2D eigenvalue weighted by atomic mass is 10.3. The molecule has 1 N–H and O–H groups in total. The van der Waals surface area contributed by atoms with Gasteiger partial charge in [-0.25, -0.2) is 9.07 Å². The van der Waals surface area contributed by atoms with Crippen molar-refractivity contribution in [2.24, 2.45) is 0 Å². The number of para-hydroxylation sites is 1. The summed E-state index contributed by atoms with van der Waals surface area (Å²) >= 11 is 0. The molecule has 1 heterocycles. The van der Waals surface area contributed by atoms with Crippen molar-refractivity contribution >= 4 is 0 Å². The molecule has 5 heteroatoms. The molecule has 0 saturated heterocycles. The third kappa shape index (κ3) is 2.02. The van der Waals surface area contributed by atoms with E-state index >= 15 is 0 Å². The topological polar surface area (TPSA) is 50.9 Å². The summed E-state index contributed by atoms with van der Waals surface area (Å²) in [7, 11) is 0. The van der Waals surface area contributed by atoms with E-state index in [-0.39, 0.29) is 5.69 Å². The molecule has 1 aromatic carbocycles. The lowest BCUT2D eigenvalue weighted by Gasteiger charge is -1.99. The molecule has 78 valence electrons. The van der Waals surface area contributed by atoms with Gasteiger partial charge in [0.1, 0.15) is 18.5 Å². The first-order valence-corrected chi connectivity index (χ1v) is 4.53. The van der Waals surface area contributed by atoms with Gasteiger partial charge in [0.25, 0.3) is 0 Å². The molecule has 0 saturated carbocycles. The van der Waals surface area contributed by atoms with Crippen molar-refractivity contribution < 1.29 is 9.50 Å². The van der Waals surface area contributed by atoms with Crippen molar-refractivity contribution in [1.82, 2.24) is 15.0 Å². The van der Waals surface area contributed by atoms with Gasteiger partial charge in [-0.2, -0.15) is 0 Å². The number of aromatic nitrogens is 3. The van der Waals surface area contributed by atoms with Gasteiger partial charge >= 0.3 is 0 Å². The number of rotatable bonds is 3. The number of aliphatic hydroxyl groups is 1. The summed E-state index contributed by atoms with van der Waals surface area (Å²) in [6.07, 6.45) is 0.321. The van der Waals surface area contributed by atoms with E-state index in [2.05, 4.69) is 10.3 Å². The zero-order valence-corrected chi connectivity index (χ0v) is 7.92. The van der Waals surface area contributed by atoms with E-state index in [9.17, 15) is 9.50 Å². The Morgan fingerprint density at radius 2 is 2.07 bits per heavy atom. The van der Waals surface area contributed by atoms with Crippen molar-refractivity contribution in [2.45, 2.75) is 6.10 Å². The lowest BCUT2D eigenvalue weighted by Crippen LogP contribution is -1.99. The van der Waals surface area contributed by atoms with Crippen molar-refractivity contribution in [3.63, 3.8) is 0 Å². The van der Waals surface area contributed by atoms with Crippen LogP contribution in [0.15, 0.2) is 36.5 Å². The average molecular weight is 207 g/mol. The summed E-state index contributed by atoms with van der Waals surface area (Å²) in [6, 6.07) is 9.31. The number of hydrogen-bond donors (Lipinski definition) is 1. The number of alkyl halides is 1. The minimum Gasteiger partial charge on any atom is -0.384 e. The fourth-order valence-corrected chi connectivity index (χ4v) is 1.22. The molecule has 0 amide bonds. The molecule has 0 aliphatic heterocycles. The molecule has 15 heavy (non-hydrogen) atoms. The molecule has 2 aromatic rings. The Hall–Kier alpha value is -1.75. The van der Waals surface area contributed by atoms with Crippen LogP contribution in [0.1, 0.15) is 11.8 Å². The van der Waals surface area contributed by atoms with Gasteiger partial charge in [0.05, 0.1) is 11.9 Å². The molecular weight excluding hydrogens is 197 g/mol. The molecule has 4 nitrogen and oxygen atoms in total. The van der Waals surface area contributed by atoms with E-state index in [1.54, 1.807) is 0 Å². The summed E-state index contributed by atoms with van der Waals surface area (Å²) in [6.45, 7) is -0.854. The van der Waals surface area contributed by atoms with E-state index in [4.69, 9.17) is 0 Å². The Bertz CT molecular complexity index is 429. The second-order valence-corrected chi connectivity index (χ2v) is 3.09.